The van der Waals surface area contributed by atoms with Crippen LogP contribution in [0.4, 0.5) is 0 Å². The van der Waals surface area contributed by atoms with E-state index in [1.54, 1.807) is 0 Å². The van der Waals surface area contributed by atoms with Crippen molar-refractivity contribution in [3.8, 4) is 0 Å². The molecule has 1 saturated carbocycles. The molecule has 0 spiro atoms. The Morgan fingerprint density at radius 1 is 1.00 bits per heavy atom. The van der Waals surface area contributed by atoms with E-state index in [0.717, 1.165) is 12.8 Å². The van der Waals surface area contributed by atoms with Crippen molar-refractivity contribution in [2.24, 2.45) is 11.5 Å². The Labute approximate surface area is 76.5 Å². The van der Waals surface area contributed by atoms with Crippen molar-refractivity contribution < 1.29 is 16.8 Å². The lowest BCUT2D eigenvalue weighted by Gasteiger charge is -2.38. The summed E-state index contributed by atoms with van der Waals surface area (Å²) in [5, 5.41) is 0. The molecular weight excluding hydrogens is 196 g/mol. The van der Waals surface area contributed by atoms with Crippen LogP contribution >= 0.6 is 0 Å². The highest BCUT2D eigenvalue weighted by atomic mass is 32.3. The molecule has 6 nitrogen and oxygen atoms in total. The van der Waals surface area contributed by atoms with Gasteiger partial charge in [-0.15, -0.1) is 0 Å². The zero-order valence-electron chi connectivity index (χ0n) is 7.02. The lowest BCUT2D eigenvalue weighted by molar-refractivity contribution is -0.0731. The highest BCUT2D eigenvalue weighted by Gasteiger charge is 2.61. The van der Waals surface area contributed by atoms with E-state index in [1.165, 1.54) is 0 Å². The summed E-state index contributed by atoms with van der Waals surface area (Å²) in [5.74, 6) is 0. The molecule has 0 aromatic rings. The SMILES string of the molecule is NC12CCCCC1(N)OS(=O)(=O)O2. The maximum atomic E-state index is 11.0. The summed E-state index contributed by atoms with van der Waals surface area (Å²) in [6.45, 7) is 0. The first-order chi connectivity index (χ1) is 5.87. The van der Waals surface area contributed by atoms with Crippen LogP contribution in [-0.4, -0.2) is 19.9 Å². The largest absolute Gasteiger partial charge is 0.403 e. The van der Waals surface area contributed by atoms with Gasteiger partial charge in [0, 0.05) is 0 Å². The van der Waals surface area contributed by atoms with Gasteiger partial charge in [-0.2, -0.15) is 8.42 Å². The third-order valence-corrected chi connectivity index (χ3v) is 3.57. The summed E-state index contributed by atoms with van der Waals surface area (Å²) in [5.41, 5.74) is 8.70. The molecule has 0 bridgehead atoms. The molecule has 0 radical (unpaired) electrons. The minimum Gasteiger partial charge on any atom is -0.299 e. The van der Waals surface area contributed by atoms with Gasteiger partial charge in [0.15, 0.2) is 11.4 Å². The van der Waals surface area contributed by atoms with E-state index in [9.17, 15) is 8.42 Å². The van der Waals surface area contributed by atoms with Crippen LogP contribution < -0.4 is 11.5 Å². The first-order valence-electron chi connectivity index (χ1n) is 4.11. The number of hydrogen-bond donors (Lipinski definition) is 2. The third-order valence-electron chi connectivity index (χ3n) is 2.56. The zero-order valence-corrected chi connectivity index (χ0v) is 7.84. The second-order valence-electron chi connectivity index (χ2n) is 3.56. The monoisotopic (exact) mass is 208 g/mol. The Bertz CT molecular complexity index is 304. The van der Waals surface area contributed by atoms with Crippen molar-refractivity contribution in [1.82, 2.24) is 0 Å². The van der Waals surface area contributed by atoms with Crippen molar-refractivity contribution in [3.63, 3.8) is 0 Å². The van der Waals surface area contributed by atoms with Gasteiger partial charge in [0.1, 0.15) is 0 Å². The normalized spacial score (nSPS) is 48.8. The highest BCUT2D eigenvalue weighted by molar-refractivity contribution is 7.82. The quantitative estimate of drug-likeness (QED) is 0.538. The minimum atomic E-state index is -4.00. The Morgan fingerprint density at radius 2 is 1.38 bits per heavy atom. The molecule has 2 fully saturated rings. The molecule has 4 N–H and O–H groups in total. The van der Waals surface area contributed by atoms with Gasteiger partial charge >= 0.3 is 10.4 Å². The van der Waals surface area contributed by atoms with Crippen molar-refractivity contribution in [2.45, 2.75) is 37.1 Å². The van der Waals surface area contributed by atoms with Crippen LogP contribution in [0.1, 0.15) is 25.7 Å². The van der Waals surface area contributed by atoms with Gasteiger partial charge in [-0.05, 0) is 25.7 Å². The summed E-state index contributed by atoms with van der Waals surface area (Å²) in [6, 6.07) is 0. The molecule has 0 aromatic heterocycles. The van der Waals surface area contributed by atoms with Gasteiger partial charge in [0.2, 0.25) is 0 Å². The van der Waals surface area contributed by atoms with E-state index < -0.39 is 21.8 Å². The topological polar surface area (TPSA) is 105 Å². The Hall–Kier alpha value is -0.210. The molecule has 1 aliphatic heterocycles. The molecule has 2 aliphatic rings. The lowest BCUT2D eigenvalue weighted by Crippen LogP contribution is -2.65. The second kappa shape index (κ2) is 2.43. The van der Waals surface area contributed by atoms with Crippen LogP contribution in [-0.2, 0) is 18.8 Å². The molecule has 76 valence electrons. The molecule has 13 heavy (non-hydrogen) atoms. The molecule has 2 unspecified atom stereocenters. The minimum absolute atomic E-state index is 0.405. The third kappa shape index (κ3) is 1.27. The van der Waals surface area contributed by atoms with Gasteiger partial charge < -0.3 is 0 Å². The van der Waals surface area contributed by atoms with Gasteiger partial charge in [-0.1, -0.05) is 0 Å². The smallest absolute Gasteiger partial charge is 0.299 e. The van der Waals surface area contributed by atoms with Crippen molar-refractivity contribution >= 4 is 10.4 Å². The van der Waals surface area contributed by atoms with E-state index in [1.807, 2.05) is 0 Å². The molecule has 1 saturated heterocycles. The first kappa shape index (κ1) is 9.35. The molecular formula is C6H12N2O4S. The fraction of sp³-hybridized carbons (Fsp3) is 1.00. The molecule has 1 heterocycles. The molecule has 0 aromatic carbocycles. The highest BCUT2D eigenvalue weighted by Crippen LogP contribution is 2.43. The summed E-state index contributed by atoms with van der Waals surface area (Å²) in [6.07, 6.45) is 2.41. The molecule has 2 atom stereocenters. The van der Waals surface area contributed by atoms with Gasteiger partial charge in [-0.3, -0.25) is 11.5 Å². The van der Waals surface area contributed by atoms with Crippen LogP contribution in [0.2, 0.25) is 0 Å². The maximum Gasteiger partial charge on any atom is 0.403 e. The predicted molar refractivity (Wildman–Crippen MR) is 43.4 cm³/mol. The number of hydrogen-bond acceptors (Lipinski definition) is 6. The van der Waals surface area contributed by atoms with E-state index in [2.05, 4.69) is 8.37 Å². The predicted octanol–water partition coefficient (Wildman–Crippen LogP) is -0.838. The average molecular weight is 208 g/mol. The van der Waals surface area contributed by atoms with Crippen LogP contribution in [0.5, 0.6) is 0 Å². The molecule has 1 aliphatic carbocycles. The van der Waals surface area contributed by atoms with Crippen molar-refractivity contribution in [3.05, 3.63) is 0 Å². The van der Waals surface area contributed by atoms with E-state index in [0.29, 0.717) is 12.8 Å². The van der Waals surface area contributed by atoms with E-state index in [4.69, 9.17) is 11.5 Å². The zero-order chi connectivity index (χ0) is 9.74. The maximum absolute atomic E-state index is 11.0. The average Bonchev–Trinajstić information content (AvgIpc) is 2.12. The Balaban J connectivity index is 2.40. The van der Waals surface area contributed by atoms with Gasteiger partial charge in [-0.25, -0.2) is 8.37 Å². The second-order valence-corrected chi connectivity index (χ2v) is 4.71. The lowest BCUT2D eigenvalue weighted by atomic mass is 9.85. The summed E-state index contributed by atoms with van der Waals surface area (Å²) in [4.78, 5) is 0. The Kier molecular flexibility index (Phi) is 1.74. The van der Waals surface area contributed by atoms with Crippen molar-refractivity contribution in [2.75, 3.05) is 0 Å². The fourth-order valence-corrected chi connectivity index (χ4v) is 3.02. The summed E-state index contributed by atoms with van der Waals surface area (Å²) >= 11 is 0. The standard InChI is InChI=1S/C6H12N2O4S/c7-5-3-1-2-4-6(5,8)12-13(9,10)11-5/h1-4,7-8H2. The number of nitrogens with two attached hydrogens (primary N) is 2. The number of fused-ring (bicyclic) bond motifs is 1. The Morgan fingerprint density at radius 3 is 1.77 bits per heavy atom. The van der Waals surface area contributed by atoms with Crippen LogP contribution in [0.15, 0.2) is 0 Å². The summed E-state index contributed by atoms with van der Waals surface area (Å²) < 4.78 is 31.3. The van der Waals surface area contributed by atoms with Crippen LogP contribution in [0.25, 0.3) is 0 Å². The van der Waals surface area contributed by atoms with E-state index in [-0.39, 0.29) is 0 Å². The van der Waals surface area contributed by atoms with Crippen LogP contribution in [0, 0.1) is 0 Å². The molecule has 2 rings (SSSR count). The summed E-state index contributed by atoms with van der Waals surface area (Å²) in [7, 11) is -4.00. The fourth-order valence-electron chi connectivity index (χ4n) is 1.80. The molecule has 0 amide bonds. The number of rotatable bonds is 0. The first-order valence-corrected chi connectivity index (χ1v) is 5.44. The van der Waals surface area contributed by atoms with Gasteiger partial charge in [0.05, 0.1) is 0 Å². The van der Waals surface area contributed by atoms with Crippen molar-refractivity contribution in [1.29, 1.82) is 0 Å². The molecule has 7 heteroatoms. The van der Waals surface area contributed by atoms with Crippen LogP contribution in [0.3, 0.4) is 0 Å². The van der Waals surface area contributed by atoms with Gasteiger partial charge in [0.25, 0.3) is 0 Å². The van der Waals surface area contributed by atoms with E-state index >= 15 is 0 Å².